The SMILES string of the molecule is CCOC(=O)CCCNC1CCC(C)(C)CC1C. The summed E-state index contributed by atoms with van der Waals surface area (Å²) in [5.74, 6) is 0.661. The molecule has 3 heteroatoms. The van der Waals surface area contributed by atoms with Crippen LogP contribution in [-0.2, 0) is 9.53 Å². The van der Waals surface area contributed by atoms with Crippen LogP contribution in [-0.4, -0.2) is 25.2 Å². The van der Waals surface area contributed by atoms with E-state index in [1.807, 2.05) is 6.92 Å². The van der Waals surface area contributed by atoms with Crippen molar-refractivity contribution in [3.05, 3.63) is 0 Å². The minimum Gasteiger partial charge on any atom is -0.466 e. The molecular weight excluding hydrogens is 226 g/mol. The van der Waals surface area contributed by atoms with Crippen LogP contribution < -0.4 is 5.32 Å². The largest absolute Gasteiger partial charge is 0.466 e. The Bertz CT molecular complexity index is 263. The average molecular weight is 255 g/mol. The van der Waals surface area contributed by atoms with Crippen molar-refractivity contribution < 1.29 is 9.53 Å². The van der Waals surface area contributed by atoms with Gasteiger partial charge in [0.1, 0.15) is 0 Å². The van der Waals surface area contributed by atoms with Crippen LogP contribution >= 0.6 is 0 Å². The normalized spacial score (nSPS) is 26.9. The molecule has 1 fully saturated rings. The Morgan fingerprint density at radius 3 is 2.78 bits per heavy atom. The summed E-state index contributed by atoms with van der Waals surface area (Å²) in [6.07, 6.45) is 5.27. The Kier molecular flexibility index (Phi) is 6.13. The molecule has 2 atom stereocenters. The van der Waals surface area contributed by atoms with Crippen molar-refractivity contribution in [2.75, 3.05) is 13.2 Å². The second kappa shape index (κ2) is 7.13. The highest BCUT2D eigenvalue weighted by molar-refractivity contribution is 5.69. The smallest absolute Gasteiger partial charge is 0.305 e. The van der Waals surface area contributed by atoms with Gasteiger partial charge >= 0.3 is 5.97 Å². The van der Waals surface area contributed by atoms with Gasteiger partial charge in [0.2, 0.25) is 0 Å². The molecule has 106 valence electrons. The average Bonchev–Trinajstić information content (AvgIpc) is 2.26. The Hall–Kier alpha value is -0.570. The van der Waals surface area contributed by atoms with Crippen LogP contribution in [0.1, 0.15) is 59.8 Å². The first kappa shape index (κ1) is 15.5. The maximum atomic E-state index is 11.2. The number of carbonyl (C=O) groups excluding carboxylic acids is 1. The van der Waals surface area contributed by atoms with Gasteiger partial charge in [-0.2, -0.15) is 0 Å². The lowest BCUT2D eigenvalue weighted by molar-refractivity contribution is -0.143. The Balaban J connectivity index is 2.15. The number of hydrogen-bond donors (Lipinski definition) is 1. The molecule has 0 aromatic rings. The minimum absolute atomic E-state index is 0.0721. The third-order valence-corrected chi connectivity index (χ3v) is 3.96. The van der Waals surface area contributed by atoms with Gasteiger partial charge in [-0.05, 0) is 50.5 Å². The third-order valence-electron chi connectivity index (χ3n) is 3.96. The van der Waals surface area contributed by atoms with E-state index in [9.17, 15) is 4.79 Å². The Labute approximate surface area is 112 Å². The lowest BCUT2D eigenvalue weighted by Gasteiger charge is -2.39. The third kappa shape index (κ3) is 5.38. The summed E-state index contributed by atoms with van der Waals surface area (Å²) in [7, 11) is 0. The summed E-state index contributed by atoms with van der Waals surface area (Å²) >= 11 is 0. The van der Waals surface area contributed by atoms with Gasteiger partial charge in [0.05, 0.1) is 6.61 Å². The molecule has 0 aromatic carbocycles. The molecule has 0 spiro atoms. The van der Waals surface area contributed by atoms with E-state index in [4.69, 9.17) is 4.74 Å². The molecule has 0 radical (unpaired) electrons. The molecule has 1 saturated carbocycles. The minimum atomic E-state index is -0.0721. The maximum Gasteiger partial charge on any atom is 0.305 e. The van der Waals surface area contributed by atoms with Crippen LogP contribution in [0.15, 0.2) is 0 Å². The summed E-state index contributed by atoms with van der Waals surface area (Å²) in [5.41, 5.74) is 0.503. The van der Waals surface area contributed by atoms with Crippen molar-refractivity contribution in [3.8, 4) is 0 Å². The number of hydrogen-bond acceptors (Lipinski definition) is 3. The molecule has 0 bridgehead atoms. The highest BCUT2D eigenvalue weighted by Crippen LogP contribution is 2.38. The van der Waals surface area contributed by atoms with Crippen molar-refractivity contribution in [2.24, 2.45) is 11.3 Å². The van der Waals surface area contributed by atoms with Gasteiger partial charge in [-0.15, -0.1) is 0 Å². The zero-order valence-corrected chi connectivity index (χ0v) is 12.4. The summed E-state index contributed by atoms with van der Waals surface area (Å²) in [6, 6.07) is 0.625. The van der Waals surface area contributed by atoms with Crippen molar-refractivity contribution in [1.82, 2.24) is 5.32 Å². The molecule has 0 saturated heterocycles. The Morgan fingerprint density at radius 1 is 1.44 bits per heavy atom. The quantitative estimate of drug-likeness (QED) is 0.585. The van der Waals surface area contributed by atoms with E-state index in [0.29, 0.717) is 24.5 Å². The van der Waals surface area contributed by atoms with Crippen LogP contribution in [0.5, 0.6) is 0 Å². The molecule has 18 heavy (non-hydrogen) atoms. The molecule has 3 nitrogen and oxygen atoms in total. The molecule has 0 aliphatic heterocycles. The zero-order chi connectivity index (χ0) is 13.6. The van der Waals surface area contributed by atoms with Gasteiger partial charge in [-0.3, -0.25) is 4.79 Å². The van der Waals surface area contributed by atoms with Gasteiger partial charge in [0.25, 0.3) is 0 Å². The molecule has 1 rings (SSSR count). The maximum absolute atomic E-state index is 11.2. The number of esters is 1. The molecule has 1 aliphatic carbocycles. The van der Waals surface area contributed by atoms with Crippen LogP contribution in [0.25, 0.3) is 0 Å². The highest BCUT2D eigenvalue weighted by Gasteiger charge is 2.31. The molecule has 0 aromatic heterocycles. The van der Waals surface area contributed by atoms with Gasteiger partial charge < -0.3 is 10.1 Å². The lowest BCUT2D eigenvalue weighted by atomic mass is 9.70. The predicted molar refractivity (Wildman–Crippen MR) is 74.5 cm³/mol. The fourth-order valence-corrected chi connectivity index (χ4v) is 3.00. The molecule has 2 unspecified atom stereocenters. The predicted octanol–water partition coefficient (Wildman–Crippen LogP) is 3.13. The summed E-state index contributed by atoms with van der Waals surface area (Å²) in [6.45, 7) is 10.3. The number of rotatable bonds is 6. The van der Waals surface area contributed by atoms with Crippen molar-refractivity contribution >= 4 is 5.97 Å². The molecular formula is C15H29NO2. The van der Waals surface area contributed by atoms with Crippen LogP contribution in [0.3, 0.4) is 0 Å². The molecule has 1 N–H and O–H groups in total. The van der Waals surface area contributed by atoms with Crippen LogP contribution in [0.4, 0.5) is 0 Å². The molecule has 0 heterocycles. The molecule has 1 aliphatic rings. The van der Waals surface area contributed by atoms with Gasteiger partial charge in [0.15, 0.2) is 0 Å². The summed E-state index contributed by atoms with van der Waals surface area (Å²) in [4.78, 5) is 11.2. The van der Waals surface area contributed by atoms with E-state index in [1.165, 1.54) is 19.3 Å². The van der Waals surface area contributed by atoms with E-state index in [0.717, 1.165) is 18.9 Å². The van der Waals surface area contributed by atoms with E-state index >= 15 is 0 Å². The van der Waals surface area contributed by atoms with Crippen molar-refractivity contribution in [1.29, 1.82) is 0 Å². The first-order valence-corrected chi connectivity index (χ1v) is 7.33. The Morgan fingerprint density at radius 2 is 2.17 bits per heavy atom. The van der Waals surface area contributed by atoms with Gasteiger partial charge in [0, 0.05) is 12.5 Å². The lowest BCUT2D eigenvalue weighted by Crippen LogP contribution is -2.42. The van der Waals surface area contributed by atoms with Crippen LogP contribution in [0.2, 0.25) is 0 Å². The van der Waals surface area contributed by atoms with E-state index in [1.54, 1.807) is 0 Å². The first-order valence-electron chi connectivity index (χ1n) is 7.33. The standard InChI is InChI=1S/C15H29NO2/c1-5-18-14(17)7-6-10-16-13-8-9-15(3,4)11-12(13)2/h12-13,16H,5-11H2,1-4H3. The highest BCUT2D eigenvalue weighted by atomic mass is 16.5. The number of nitrogens with one attached hydrogen (secondary N) is 1. The topological polar surface area (TPSA) is 38.3 Å². The monoisotopic (exact) mass is 255 g/mol. The van der Waals surface area contributed by atoms with Crippen molar-refractivity contribution in [3.63, 3.8) is 0 Å². The van der Waals surface area contributed by atoms with Crippen LogP contribution in [0, 0.1) is 11.3 Å². The fraction of sp³-hybridized carbons (Fsp3) is 0.933. The van der Waals surface area contributed by atoms with E-state index < -0.39 is 0 Å². The zero-order valence-electron chi connectivity index (χ0n) is 12.4. The first-order chi connectivity index (χ1) is 8.44. The number of carbonyl (C=O) groups is 1. The van der Waals surface area contributed by atoms with Crippen molar-refractivity contribution in [2.45, 2.75) is 65.8 Å². The molecule has 0 amide bonds. The van der Waals surface area contributed by atoms with Gasteiger partial charge in [-0.25, -0.2) is 0 Å². The van der Waals surface area contributed by atoms with E-state index in [2.05, 4.69) is 26.1 Å². The number of ether oxygens (including phenoxy) is 1. The summed E-state index contributed by atoms with van der Waals surface area (Å²) in [5, 5.41) is 3.60. The fourth-order valence-electron chi connectivity index (χ4n) is 3.00. The van der Waals surface area contributed by atoms with Gasteiger partial charge in [-0.1, -0.05) is 20.8 Å². The van der Waals surface area contributed by atoms with E-state index in [-0.39, 0.29) is 5.97 Å². The second-order valence-corrected chi connectivity index (χ2v) is 6.35. The second-order valence-electron chi connectivity index (χ2n) is 6.35. The summed E-state index contributed by atoms with van der Waals surface area (Å²) < 4.78 is 4.92.